The minimum atomic E-state index is -0.326. The molecule has 1 N–H and O–H groups in total. The predicted molar refractivity (Wildman–Crippen MR) is 93.7 cm³/mol. The topological polar surface area (TPSA) is 62.5 Å². The van der Waals surface area contributed by atoms with Crippen LogP contribution < -0.4 is 5.56 Å². The van der Waals surface area contributed by atoms with Crippen molar-refractivity contribution in [1.82, 2.24) is 9.47 Å². The lowest BCUT2D eigenvalue weighted by molar-refractivity contribution is 0.0471. The summed E-state index contributed by atoms with van der Waals surface area (Å²) in [6, 6.07) is 14.0. The maximum atomic E-state index is 13.1. The fraction of sp³-hybridized carbons (Fsp3) is 0.368. The van der Waals surface area contributed by atoms with Crippen molar-refractivity contribution in [3.05, 3.63) is 70.1 Å². The molecule has 1 aromatic heterocycles. The van der Waals surface area contributed by atoms with Crippen molar-refractivity contribution in [2.75, 3.05) is 6.61 Å². The van der Waals surface area contributed by atoms with E-state index in [0.717, 1.165) is 5.56 Å². The van der Waals surface area contributed by atoms with Gasteiger partial charge in [-0.15, -0.1) is 0 Å². The molecule has 1 aromatic carbocycles. The third-order valence-electron chi connectivity index (χ3n) is 4.22. The monoisotopic (exact) mass is 328 g/mol. The zero-order valence-corrected chi connectivity index (χ0v) is 14.3. The normalized spacial score (nSPS) is 12.2. The molecule has 2 aromatic rings. The Morgan fingerprint density at radius 3 is 2.38 bits per heavy atom. The first-order valence-corrected chi connectivity index (χ1v) is 8.07. The van der Waals surface area contributed by atoms with Gasteiger partial charge in [-0.2, -0.15) is 0 Å². The molecule has 128 valence electrons. The maximum absolute atomic E-state index is 13.1. The third kappa shape index (κ3) is 3.92. The lowest BCUT2D eigenvalue weighted by Gasteiger charge is -2.33. The molecule has 0 saturated heterocycles. The number of rotatable bonds is 6. The molecule has 1 atom stereocenters. The summed E-state index contributed by atoms with van der Waals surface area (Å²) in [5.74, 6) is -0.171. The van der Waals surface area contributed by atoms with Gasteiger partial charge in [0.1, 0.15) is 5.69 Å². The van der Waals surface area contributed by atoms with Crippen LogP contribution in [-0.2, 0) is 13.6 Å². The summed E-state index contributed by atoms with van der Waals surface area (Å²) in [6.07, 6.45) is 0. The molecule has 0 aliphatic rings. The average molecular weight is 328 g/mol. The summed E-state index contributed by atoms with van der Waals surface area (Å²) >= 11 is 0. The Bertz CT molecular complexity index is 738. The van der Waals surface area contributed by atoms with Gasteiger partial charge in [0.15, 0.2) is 0 Å². The number of hydrogen-bond donors (Lipinski definition) is 1. The molecule has 2 rings (SSSR count). The van der Waals surface area contributed by atoms with Crippen LogP contribution in [0.2, 0.25) is 0 Å². The zero-order chi connectivity index (χ0) is 17.7. The molecule has 0 spiro atoms. The number of amides is 1. The van der Waals surface area contributed by atoms with Gasteiger partial charge in [-0.3, -0.25) is 9.59 Å². The summed E-state index contributed by atoms with van der Waals surface area (Å²) in [5.41, 5.74) is 1.06. The highest BCUT2D eigenvalue weighted by Crippen LogP contribution is 2.18. The Balaban J connectivity index is 2.42. The van der Waals surface area contributed by atoms with Gasteiger partial charge in [-0.25, -0.2) is 0 Å². The Morgan fingerprint density at radius 2 is 1.79 bits per heavy atom. The number of aromatic nitrogens is 1. The van der Waals surface area contributed by atoms with Crippen molar-refractivity contribution in [3.63, 3.8) is 0 Å². The lowest BCUT2D eigenvalue weighted by Crippen LogP contribution is -2.46. The molecule has 5 nitrogen and oxygen atoms in total. The highest BCUT2D eigenvalue weighted by molar-refractivity contribution is 5.92. The maximum Gasteiger partial charge on any atom is 0.271 e. The molecular formula is C19H24N2O3. The van der Waals surface area contributed by atoms with Gasteiger partial charge in [0, 0.05) is 19.7 Å². The molecule has 0 bridgehead atoms. The van der Waals surface area contributed by atoms with Crippen LogP contribution in [0.3, 0.4) is 0 Å². The standard InChI is InChI=1S/C19H24N2O3/c1-14(2)17(13-22)21(12-15-8-5-4-6-9-15)19(24)16-10-7-11-18(23)20(16)3/h4-11,14,17,22H,12-13H2,1-3H3/t17-/m0/s1. The quantitative estimate of drug-likeness (QED) is 0.883. The number of hydrogen-bond acceptors (Lipinski definition) is 3. The van der Waals surface area contributed by atoms with Gasteiger partial charge in [0.05, 0.1) is 12.6 Å². The second-order valence-electron chi connectivity index (χ2n) is 6.22. The number of nitrogens with zero attached hydrogens (tertiary/aromatic N) is 2. The third-order valence-corrected chi connectivity index (χ3v) is 4.22. The van der Waals surface area contributed by atoms with Gasteiger partial charge >= 0.3 is 0 Å². The smallest absolute Gasteiger partial charge is 0.271 e. The van der Waals surface area contributed by atoms with Gasteiger partial charge in [-0.1, -0.05) is 50.2 Å². The SMILES string of the molecule is CC(C)[C@H](CO)N(Cc1ccccc1)C(=O)c1cccc(=O)n1C. The first-order chi connectivity index (χ1) is 11.5. The van der Waals surface area contributed by atoms with E-state index < -0.39 is 0 Å². The highest BCUT2D eigenvalue weighted by atomic mass is 16.3. The Hall–Kier alpha value is -2.40. The minimum absolute atomic E-state index is 0.0865. The van der Waals surface area contributed by atoms with Gasteiger partial charge in [0.2, 0.25) is 0 Å². The summed E-state index contributed by atoms with van der Waals surface area (Å²) in [5, 5.41) is 9.80. The molecule has 1 amide bonds. The number of carbonyl (C=O) groups is 1. The van der Waals surface area contributed by atoms with Crippen LogP contribution in [0.4, 0.5) is 0 Å². The van der Waals surface area contributed by atoms with E-state index in [1.165, 1.54) is 10.6 Å². The summed E-state index contributed by atoms with van der Waals surface area (Å²) in [6.45, 7) is 4.19. The Labute approximate surface area is 142 Å². The van der Waals surface area contributed by atoms with Crippen LogP contribution in [0.25, 0.3) is 0 Å². The van der Waals surface area contributed by atoms with E-state index in [-0.39, 0.29) is 30.0 Å². The molecule has 0 aliphatic carbocycles. The van der Waals surface area contributed by atoms with Crippen molar-refractivity contribution in [2.45, 2.75) is 26.4 Å². The van der Waals surface area contributed by atoms with E-state index in [1.54, 1.807) is 24.1 Å². The van der Waals surface area contributed by atoms with E-state index in [9.17, 15) is 14.7 Å². The van der Waals surface area contributed by atoms with Crippen LogP contribution in [0, 0.1) is 5.92 Å². The van der Waals surface area contributed by atoms with Crippen molar-refractivity contribution >= 4 is 5.91 Å². The molecule has 0 unspecified atom stereocenters. The number of aliphatic hydroxyl groups is 1. The minimum Gasteiger partial charge on any atom is -0.394 e. The van der Waals surface area contributed by atoms with Gasteiger partial charge in [0.25, 0.3) is 11.5 Å². The predicted octanol–water partition coefficient (Wildman–Crippen LogP) is 2.04. The summed E-state index contributed by atoms with van der Waals surface area (Å²) in [7, 11) is 1.58. The van der Waals surface area contributed by atoms with Crippen molar-refractivity contribution in [1.29, 1.82) is 0 Å². The second-order valence-corrected chi connectivity index (χ2v) is 6.22. The summed E-state index contributed by atoms with van der Waals surface area (Å²) < 4.78 is 1.34. The first kappa shape index (κ1) is 17.9. The Morgan fingerprint density at radius 1 is 1.12 bits per heavy atom. The summed E-state index contributed by atoms with van der Waals surface area (Å²) in [4.78, 5) is 26.6. The zero-order valence-electron chi connectivity index (χ0n) is 14.3. The average Bonchev–Trinajstić information content (AvgIpc) is 2.57. The molecule has 1 heterocycles. The molecule has 0 saturated carbocycles. The number of pyridine rings is 1. The largest absolute Gasteiger partial charge is 0.394 e. The molecule has 24 heavy (non-hydrogen) atoms. The number of aliphatic hydroxyl groups excluding tert-OH is 1. The fourth-order valence-corrected chi connectivity index (χ4v) is 2.71. The van der Waals surface area contributed by atoms with Crippen LogP contribution in [0.1, 0.15) is 29.9 Å². The van der Waals surface area contributed by atoms with Crippen LogP contribution in [0.5, 0.6) is 0 Å². The highest BCUT2D eigenvalue weighted by Gasteiger charge is 2.28. The van der Waals surface area contributed by atoms with Crippen molar-refractivity contribution in [2.24, 2.45) is 13.0 Å². The fourth-order valence-electron chi connectivity index (χ4n) is 2.71. The molecule has 0 fully saturated rings. The molecule has 0 aliphatic heterocycles. The van der Waals surface area contributed by atoms with Crippen LogP contribution in [-0.4, -0.2) is 33.1 Å². The van der Waals surface area contributed by atoms with Crippen LogP contribution >= 0.6 is 0 Å². The van der Waals surface area contributed by atoms with Crippen molar-refractivity contribution in [3.8, 4) is 0 Å². The molecule has 0 radical (unpaired) electrons. The second kappa shape index (κ2) is 7.93. The van der Waals surface area contributed by atoms with E-state index >= 15 is 0 Å². The van der Waals surface area contributed by atoms with Crippen molar-refractivity contribution < 1.29 is 9.90 Å². The van der Waals surface area contributed by atoms with E-state index in [4.69, 9.17) is 0 Å². The van der Waals surface area contributed by atoms with Crippen LogP contribution in [0.15, 0.2) is 53.3 Å². The van der Waals surface area contributed by atoms with E-state index in [2.05, 4.69) is 0 Å². The van der Waals surface area contributed by atoms with E-state index in [1.807, 2.05) is 44.2 Å². The Kier molecular flexibility index (Phi) is 5.93. The van der Waals surface area contributed by atoms with Gasteiger partial charge in [-0.05, 0) is 17.5 Å². The number of carbonyl (C=O) groups excluding carboxylic acids is 1. The number of benzene rings is 1. The van der Waals surface area contributed by atoms with Gasteiger partial charge < -0.3 is 14.6 Å². The molecular weight excluding hydrogens is 304 g/mol. The lowest BCUT2D eigenvalue weighted by atomic mass is 10.0. The van der Waals surface area contributed by atoms with E-state index in [0.29, 0.717) is 12.2 Å². The molecule has 5 heteroatoms. The first-order valence-electron chi connectivity index (χ1n) is 8.07.